The molecule has 106 valence electrons. The van der Waals surface area contributed by atoms with E-state index in [4.69, 9.17) is 15.2 Å². The molecule has 1 aliphatic heterocycles. The van der Waals surface area contributed by atoms with E-state index in [1.165, 1.54) is 38.5 Å². The van der Waals surface area contributed by atoms with Gasteiger partial charge in [0.15, 0.2) is 11.6 Å². The van der Waals surface area contributed by atoms with Crippen LogP contribution >= 0.6 is 0 Å². The largest absolute Gasteiger partial charge is 0.494 e. The Morgan fingerprint density at radius 1 is 1.21 bits per heavy atom. The van der Waals surface area contributed by atoms with Gasteiger partial charge in [-0.2, -0.15) is 0 Å². The van der Waals surface area contributed by atoms with Crippen LogP contribution in [0.5, 0.6) is 11.5 Å². The van der Waals surface area contributed by atoms with Crippen molar-refractivity contribution in [2.45, 2.75) is 19.3 Å². The molecule has 1 aromatic rings. The first-order valence-corrected chi connectivity index (χ1v) is 6.69. The maximum absolute atomic E-state index is 13.4. The van der Waals surface area contributed by atoms with Crippen molar-refractivity contribution in [3.63, 3.8) is 0 Å². The first-order chi connectivity index (χ1) is 9.20. The van der Waals surface area contributed by atoms with Gasteiger partial charge in [-0.05, 0) is 25.9 Å². The third kappa shape index (κ3) is 3.73. The fourth-order valence-electron chi connectivity index (χ4n) is 2.30. The average molecular weight is 268 g/mol. The van der Waals surface area contributed by atoms with Crippen LogP contribution < -0.4 is 15.2 Å². The number of hydrogen-bond donors (Lipinski definition) is 1. The summed E-state index contributed by atoms with van der Waals surface area (Å²) in [6.07, 6.45) is 3.83. The van der Waals surface area contributed by atoms with Crippen LogP contribution in [-0.4, -0.2) is 38.3 Å². The molecule has 0 unspecified atom stereocenters. The van der Waals surface area contributed by atoms with Crippen molar-refractivity contribution in [3.8, 4) is 11.5 Å². The molecule has 5 heteroatoms. The Hall–Kier alpha value is -1.49. The Balaban J connectivity index is 1.88. The highest BCUT2D eigenvalue weighted by Crippen LogP contribution is 2.29. The molecule has 0 radical (unpaired) electrons. The van der Waals surface area contributed by atoms with E-state index in [-0.39, 0.29) is 5.75 Å². The van der Waals surface area contributed by atoms with E-state index in [1.807, 2.05) is 0 Å². The second-order valence-electron chi connectivity index (χ2n) is 4.78. The molecule has 2 rings (SSSR count). The van der Waals surface area contributed by atoms with Crippen LogP contribution in [0.15, 0.2) is 12.1 Å². The summed E-state index contributed by atoms with van der Waals surface area (Å²) in [6.45, 7) is 3.69. The second-order valence-corrected chi connectivity index (χ2v) is 4.78. The number of nitrogen functional groups attached to an aromatic ring is 1. The van der Waals surface area contributed by atoms with Crippen molar-refractivity contribution in [3.05, 3.63) is 17.9 Å². The van der Waals surface area contributed by atoms with Crippen LogP contribution in [-0.2, 0) is 0 Å². The maximum Gasteiger partial charge on any atom is 0.167 e. The molecule has 1 fully saturated rings. The third-order valence-electron chi connectivity index (χ3n) is 3.40. The first-order valence-electron chi connectivity index (χ1n) is 6.69. The number of piperidine rings is 1. The highest BCUT2D eigenvalue weighted by Gasteiger charge is 2.12. The average Bonchev–Trinajstić information content (AvgIpc) is 2.42. The molecule has 0 atom stereocenters. The molecular formula is C14H21FN2O2. The van der Waals surface area contributed by atoms with Gasteiger partial charge in [-0.1, -0.05) is 6.42 Å². The predicted octanol–water partition coefficient (Wildman–Crippen LogP) is 2.28. The van der Waals surface area contributed by atoms with Crippen LogP contribution in [0.25, 0.3) is 0 Å². The number of methoxy groups -OCH3 is 1. The van der Waals surface area contributed by atoms with E-state index in [0.717, 1.165) is 19.6 Å². The Bertz CT molecular complexity index is 420. The molecule has 1 heterocycles. The van der Waals surface area contributed by atoms with Crippen LogP contribution in [0.1, 0.15) is 19.3 Å². The van der Waals surface area contributed by atoms with Crippen molar-refractivity contribution >= 4 is 5.69 Å². The smallest absolute Gasteiger partial charge is 0.167 e. The Kier molecular flexibility index (Phi) is 4.85. The molecule has 0 bridgehead atoms. The summed E-state index contributed by atoms with van der Waals surface area (Å²) in [4.78, 5) is 2.38. The van der Waals surface area contributed by atoms with E-state index in [1.54, 1.807) is 0 Å². The molecule has 1 aromatic carbocycles. The molecule has 0 spiro atoms. The van der Waals surface area contributed by atoms with Gasteiger partial charge in [0.05, 0.1) is 12.8 Å². The van der Waals surface area contributed by atoms with Gasteiger partial charge >= 0.3 is 0 Å². The Labute approximate surface area is 113 Å². The SMILES string of the molecule is COc1cc(OCCN2CCCCC2)c(N)cc1F. The van der Waals surface area contributed by atoms with Gasteiger partial charge in [0.2, 0.25) is 0 Å². The van der Waals surface area contributed by atoms with Crippen LogP contribution in [0.3, 0.4) is 0 Å². The quantitative estimate of drug-likeness (QED) is 0.832. The highest BCUT2D eigenvalue weighted by atomic mass is 19.1. The summed E-state index contributed by atoms with van der Waals surface area (Å²) in [5.41, 5.74) is 6.03. The normalized spacial score (nSPS) is 16.3. The van der Waals surface area contributed by atoms with Gasteiger partial charge in [-0.3, -0.25) is 4.90 Å². The van der Waals surface area contributed by atoms with Crippen molar-refractivity contribution in [2.24, 2.45) is 0 Å². The zero-order valence-electron chi connectivity index (χ0n) is 11.3. The highest BCUT2D eigenvalue weighted by molar-refractivity contribution is 5.56. The molecule has 0 saturated carbocycles. The van der Waals surface area contributed by atoms with E-state index < -0.39 is 5.82 Å². The Morgan fingerprint density at radius 3 is 2.63 bits per heavy atom. The number of nitrogens with zero attached hydrogens (tertiary/aromatic N) is 1. The lowest BCUT2D eigenvalue weighted by atomic mass is 10.1. The van der Waals surface area contributed by atoms with E-state index in [2.05, 4.69) is 4.90 Å². The number of benzene rings is 1. The molecule has 0 amide bonds. The van der Waals surface area contributed by atoms with Crippen molar-refractivity contribution in [2.75, 3.05) is 39.1 Å². The molecule has 0 aromatic heterocycles. The lowest BCUT2D eigenvalue weighted by molar-refractivity contribution is 0.183. The van der Waals surface area contributed by atoms with Gasteiger partial charge in [0.25, 0.3) is 0 Å². The lowest BCUT2D eigenvalue weighted by Gasteiger charge is -2.26. The second kappa shape index (κ2) is 6.61. The fraction of sp³-hybridized carbons (Fsp3) is 0.571. The van der Waals surface area contributed by atoms with Crippen LogP contribution in [0, 0.1) is 5.82 Å². The summed E-state index contributed by atoms with van der Waals surface area (Å²) in [5.74, 6) is 0.167. The standard InChI is InChI=1S/C14H21FN2O2/c1-18-13-10-14(12(16)9-11(13)15)19-8-7-17-5-3-2-4-6-17/h9-10H,2-8,16H2,1H3. The first kappa shape index (κ1) is 13.9. The molecule has 1 aliphatic rings. The number of halogens is 1. The minimum atomic E-state index is -0.469. The van der Waals surface area contributed by atoms with E-state index >= 15 is 0 Å². The minimum Gasteiger partial charge on any atom is -0.494 e. The number of anilines is 1. The fourth-order valence-corrected chi connectivity index (χ4v) is 2.30. The number of rotatable bonds is 5. The van der Waals surface area contributed by atoms with Gasteiger partial charge < -0.3 is 15.2 Å². The summed E-state index contributed by atoms with van der Waals surface area (Å²) >= 11 is 0. The molecule has 19 heavy (non-hydrogen) atoms. The number of ether oxygens (including phenoxy) is 2. The Morgan fingerprint density at radius 2 is 1.95 bits per heavy atom. The number of hydrogen-bond acceptors (Lipinski definition) is 4. The van der Waals surface area contributed by atoms with Crippen LogP contribution in [0.4, 0.5) is 10.1 Å². The summed E-state index contributed by atoms with van der Waals surface area (Å²) in [5, 5.41) is 0. The molecule has 2 N–H and O–H groups in total. The van der Waals surface area contributed by atoms with E-state index in [0.29, 0.717) is 18.0 Å². The summed E-state index contributed by atoms with van der Waals surface area (Å²) in [7, 11) is 1.42. The monoisotopic (exact) mass is 268 g/mol. The number of nitrogens with two attached hydrogens (primary N) is 1. The maximum atomic E-state index is 13.4. The van der Waals surface area contributed by atoms with Gasteiger partial charge in [-0.15, -0.1) is 0 Å². The summed E-state index contributed by atoms with van der Waals surface area (Å²) < 4.78 is 23.9. The predicted molar refractivity (Wildman–Crippen MR) is 73.2 cm³/mol. The molecular weight excluding hydrogens is 247 g/mol. The molecule has 0 aliphatic carbocycles. The van der Waals surface area contributed by atoms with E-state index in [9.17, 15) is 4.39 Å². The molecule has 1 saturated heterocycles. The number of likely N-dealkylation sites (tertiary alicyclic amines) is 1. The van der Waals surface area contributed by atoms with Crippen molar-refractivity contribution in [1.29, 1.82) is 0 Å². The topological polar surface area (TPSA) is 47.7 Å². The zero-order chi connectivity index (χ0) is 13.7. The van der Waals surface area contributed by atoms with Gasteiger partial charge in [-0.25, -0.2) is 4.39 Å². The molecule has 4 nitrogen and oxygen atoms in total. The van der Waals surface area contributed by atoms with Crippen LogP contribution in [0.2, 0.25) is 0 Å². The van der Waals surface area contributed by atoms with Crippen molar-refractivity contribution < 1.29 is 13.9 Å². The zero-order valence-corrected chi connectivity index (χ0v) is 11.3. The lowest BCUT2D eigenvalue weighted by Crippen LogP contribution is -2.33. The van der Waals surface area contributed by atoms with Gasteiger partial charge in [0.1, 0.15) is 12.4 Å². The third-order valence-corrected chi connectivity index (χ3v) is 3.40. The summed E-state index contributed by atoms with van der Waals surface area (Å²) in [6, 6.07) is 2.73. The minimum absolute atomic E-state index is 0.155. The van der Waals surface area contributed by atoms with Crippen molar-refractivity contribution in [1.82, 2.24) is 4.90 Å². The van der Waals surface area contributed by atoms with Gasteiger partial charge in [0, 0.05) is 18.7 Å².